The van der Waals surface area contributed by atoms with Crippen LogP contribution >= 0.6 is 0 Å². The first kappa shape index (κ1) is 18.8. The fourth-order valence-corrected chi connectivity index (χ4v) is 3.82. The molecule has 0 saturated carbocycles. The molecule has 0 aromatic rings. The quantitative estimate of drug-likeness (QED) is 0.471. The largest absolute Gasteiger partial charge is 0.286 e. The molecule has 0 aliphatic carbocycles. The topological polar surface area (TPSA) is 109 Å². The molecule has 0 radical (unpaired) electrons. The van der Waals surface area contributed by atoms with E-state index < -0.39 is 20.2 Å². The molecule has 2 unspecified atom stereocenters. The molecule has 19 heavy (non-hydrogen) atoms. The molecule has 0 aliphatic rings. The Bertz CT molecular complexity index is 398. The second-order valence-electron chi connectivity index (χ2n) is 5.35. The van der Waals surface area contributed by atoms with Crippen molar-refractivity contribution in [2.24, 2.45) is 11.8 Å². The second-order valence-corrected chi connectivity index (χ2v) is 8.34. The van der Waals surface area contributed by atoms with Crippen molar-refractivity contribution in [3.63, 3.8) is 0 Å². The van der Waals surface area contributed by atoms with Crippen LogP contribution in [0.1, 0.15) is 46.0 Å². The van der Waals surface area contributed by atoms with E-state index in [1.807, 2.05) is 0 Å². The highest BCUT2D eigenvalue weighted by Gasteiger charge is 2.13. The Balaban J connectivity index is 3.66. The SMILES string of the molecule is CC(CCCCCC(C)CS(=O)(=O)O)CS(=O)(=O)O. The highest BCUT2D eigenvalue weighted by Crippen LogP contribution is 2.15. The summed E-state index contributed by atoms with van der Waals surface area (Å²) in [6, 6.07) is 0. The summed E-state index contributed by atoms with van der Waals surface area (Å²) in [5.74, 6) is -0.589. The van der Waals surface area contributed by atoms with Crippen LogP contribution in [0, 0.1) is 11.8 Å². The molecule has 8 heteroatoms. The monoisotopic (exact) mass is 316 g/mol. The van der Waals surface area contributed by atoms with Crippen LogP contribution in [0.5, 0.6) is 0 Å². The molecule has 0 amide bonds. The van der Waals surface area contributed by atoms with E-state index in [1.54, 1.807) is 13.8 Å². The van der Waals surface area contributed by atoms with Crippen LogP contribution < -0.4 is 0 Å². The zero-order chi connectivity index (χ0) is 15.1. The Kier molecular flexibility index (Phi) is 8.11. The maximum atomic E-state index is 10.6. The van der Waals surface area contributed by atoms with Crippen LogP contribution in [0.2, 0.25) is 0 Å². The summed E-state index contributed by atoms with van der Waals surface area (Å²) in [5, 5.41) is 0. The molecule has 0 aromatic heterocycles. The Morgan fingerprint density at radius 3 is 1.32 bits per heavy atom. The standard InChI is InChI=1S/C11H24O6S2/c1-10(8-18(12,13)14)6-4-3-5-7-11(2)9-19(15,16)17/h10-11H,3-9H2,1-2H3,(H,12,13,14)(H,15,16,17). The lowest BCUT2D eigenvalue weighted by Crippen LogP contribution is -2.13. The van der Waals surface area contributed by atoms with Crippen molar-refractivity contribution < 1.29 is 25.9 Å². The molecule has 2 atom stereocenters. The second kappa shape index (κ2) is 8.18. The van der Waals surface area contributed by atoms with Crippen LogP contribution in [0.15, 0.2) is 0 Å². The van der Waals surface area contributed by atoms with Crippen molar-refractivity contribution in [3.05, 3.63) is 0 Å². The highest BCUT2D eigenvalue weighted by molar-refractivity contribution is 7.86. The van der Waals surface area contributed by atoms with E-state index in [2.05, 4.69) is 0 Å². The first-order valence-electron chi connectivity index (χ1n) is 6.40. The van der Waals surface area contributed by atoms with E-state index in [-0.39, 0.29) is 23.3 Å². The van der Waals surface area contributed by atoms with Gasteiger partial charge in [-0.25, -0.2) is 0 Å². The predicted molar refractivity (Wildman–Crippen MR) is 74.2 cm³/mol. The van der Waals surface area contributed by atoms with Crippen LogP contribution in [0.4, 0.5) is 0 Å². The molecule has 0 heterocycles. The summed E-state index contributed by atoms with van der Waals surface area (Å²) < 4.78 is 59.8. The summed E-state index contributed by atoms with van der Waals surface area (Å²) in [6.07, 6.45) is 4.00. The summed E-state index contributed by atoms with van der Waals surface area (Å²) in [5.41, 5.74) is 0. The molecule has 0 aliphatic heterocycles. The minimum Gasteiger partial charge on any atom is -0.286 e. The Morgan fingerprint density at radius 1 is 0.737 bits per heavy atom. The van der Waals surface area contributed by atoms with Crippen molar-refractivity contribution in [1.82, 2.24) is 0 Å². The highest BCUT2D eigenvalue weighted by atomic mass is 32.2. The van der Waals surface area contributed by atoms with Gasteiger partial charge in [0.2, 0.25) is 0 Å². The predicted octanol–water partition coefficient (Wildman–Crippen LogP) is 1.98. The number of rotatable bonds is 10. The molecule has 2 N–H and O–H groups in total. The normalized spacial score (nSPS) is 16.2. The molecule has 0 rings (SSSR count). The van der Waals surface area contributed by atoms with Crippen molar-refractivity contribution in [2.75, 3.05) is 11.5 Å². The molecule has 0 saturated heterocycles. The van der Waals surface area contributed by atoms with E-state index in [9.17, 15) is 16.8 Å². The maximum absolute atomic E-state index is 10.6. The van der Waals surface area contributed by atoms with Gasteiger partial charge >= 0.3 is 0 Å². The van der Waals surface area contributed by atoms with E-state index in [0.29, 0.717) is 12.8 Å². The van der Waals surface area contributed by atoms with Crippen LogP contribution in [0.25, 0.3) is 0 Å². The number of unbranched alkanes of at least 4 members (excludes halogenated alkanes) is 2. The Morgan fingerprint density at radius 2 is 1.05 bits per heavy atom. The van der Waals surface area contributed by atoms with Gasteiger partial charge < -0.3 is 0 Å². The minimum absolute atomic E-state index is 0.0785. The molecule has 0 bridgehead atoms. The lowest BCUT2D eigenvalue weighted by atomic mass is 10.0. The lowest BCUT2D eigenvalue weighted by molar-refractivity contribution is 0.444. The smallest absolute Gasteiger partial charge is 0.265 e. The van der Waals surface area contributed by atoms with E-state index in [4.69, 9.17) is 9.11 Å². The molecule has 0 spiro atoms. The maximum Gasteiger partial charge on any atom is 0.265 e. The van der Waals surface area contributed by atoms with E-state index >= 15 is 0 Å². The summed E-state index contributed by atoms with van der Waals surface area (Å²) in [6.45, 7) is 3.55. The van der Waals surface area contributed by atoms with Crippen LogP contribution in [0.3, 0.4) is 0 Å². The van der Waals surface area contributed by atoms with Crippen molar-refractivity contribution >= 4 is 20.2 Å². The molecule has 0 aromatic carbocycles. The van der Waals surface area contributed by atoms with Crippen molar-refractivity contribution in [1.29, 1.82) is 0 Å². The fourth-order valence-electron chi connectivity index (χ4n) is 2.05. The third-order valence-corrected chi connectivity index (χ3v) is 4.86. The Labute approximate surface area is 116 Å². The summed E-state index contributed by atoms with van der Waals surface area (Å²) in [7, 11) is -7.79. The van der Waals surface area contributed by atoms with Gasteiger partial charge in [0.05, 0.1) is 11.5 Å². The average Bonchev–Trinajstić information content (AvgIpc) is 2.10. The Hall–Kier alpha value is -0.180. The third-order valence-electron chi connectivity index (χ3n) is 2.88. The van der Waals surface area contributed by atoms with Gasteiger partial charge in [-0.05, 0) is 24.7 Å². The van der Waals surface area contributed by atoms with Gasteiger partial charge in [0, 0.05) is 0 Å². The lowest BCUT2D eigenvalue weighted by Gasteiger charge is -2.11. The average molecular weight is 316 g/mol. The molecule has 6 nitrogen and oxygen atoms in total. The van der Waals surface area contributed by atoms with Gasteiger partial charge in [-0.2, -0.15) is 16.8 Å². The fraction of sp³-hybridized carbons (Fsp3) is 1.00. The zero-order valence-electron chi connectivity index (χ0n) is 11.4. The van der Waals surface area contributed by atoms with Gasteiger partial charge in [-0.15, -0.1) is 0 Å². The number of hydrogen-bond acceptors (Lipinski definition) is 4. The van der Waals surface area contributed by atoms with Crippen LogP contribution in [-0.2, 0) is 20.2 Å². The minimum atomic E-state index is -3.89. The molecule has 116 valence electrons. The van der Waals surface area contributed by atoms with Gasteiger partial charge in [0.25, 0.3) is 20.2 Å². The van der Waals surface area contributed by atoms with Crippen molar-refractivity contribution in [2.45, 2.75) is 46.0 Å². The van der Waals surface area contributed by atoms with Crippen LogP contribution in [-0.4, -0.2) is 37.4 Å². The molecular weight excluding hydrogens is 292 g/mol. The van der Waals surface area contributed by atoms with E-state index in [1.165, 1.54) is 0 Å². The van der Waals surface area contributed by atoms with Gasteiger partial charge in [0.15, 0.2) is 0 Å². The van der Waals surface area contributed by atoms with Crippen molar-refractivity contribution in [3.8, 4) is 0 Å². The molecular formula is C11H24O6S2. The number of hydrogen-bond donors (Lipinski definition) is 2. The zero-order valence-corrected chi connectivity index (χ0v) is 13.1. The van der Waals surface area contributed by atoms with Gasteiger partial charge in [0.1, 0.15) is 0 Å². The molecule has 0 fully saturated rings. The van der Waals surface area contributed by atoms with E-state index in [0.717, 1.165) is 19.3 Å². The summed E-state index contributed by atoms with van der Waals surface area (Å²) in [4.78, 5) is 0. The first-order chi connectivity index (χ1) is 8.49. The van der Waals surface area contributed by atoms with Gasteiger partial charge in [-0.1, -0.05) is 33.1 Å². The summed E-state index contributed by atoms with van der Waals surface area (Å²) >= 11 is 0. The van der Waals surface area contributed by atoms with Gasteiger partial charge in [-0.3, -0.25) is 9.11 Å². The first-order valence-corrected chi connectivity index (χ1v) is 9.62. The third kappa shape index (κ3) is 14.0.